The van der Waals surface area contributed by atoms with Crippen LogP contribution < -0.4 is 15.8 Å². The molecule has 0 aliphatic rings. The number of aromatic nitrogens is 1. The van der Waals surface area contributed by atoms with E-state index in [4.69, 9.17) is 17.3 Å². The first kappa shape index (κ1) is 8.38. The summed E-state index contributed by atoms with van der Waals surface area (Å²) in [5.74, 6) is 0.282. The van der Waals surface area contributed by atoms with E-state index in [0.29, 0.717) is 29.6 Å². The first-order chi connectivity index (χ1) is 11.2. The Hall–Kier alpha value is -1.81. The van der Waals surface area contributed by atoms with Gasteiger partial charge in [0, 0.05) is 27.8 Å². The molecule has 0 amide bonds. The normalized spacial score (nSPS) is 18.5. The van der Waals surface area contributed by atoms with Crippen molar-refractivity contribution < 1.29 is 11.6 Å². The smallest absolute Gasteiger partial charge is 0.121 e. The molecule has 0 spiro atoms. The maximum absolute atomic E-state index is 8.42. The monoisotopic (exact) mass is 264 g/mol. The zero-order valence-corrected chi connectivity index (χ0v) is 10.9. The van der Waals surface area contributed by atoms with Crippen LogP contribution in [0.4, 0.5) is 5.69 Å². The molecule has 4 heteroatoms. The highest BCUT2D eigenvalue weighted by atomic mass is 16.5. The molecule has 0 saturated heterocycles. The second kappa shape index (κ2) is 6.38. The van der Waals surface area contributed by atoms with Crippen LogP contribution in [0.15, 0.2) is 30.4 Å². The number of nitrogens with one attached hydrogen (secondary N) is 1. The predicted octanol–water partition coefficient (Wildman–Crippen LogP) is 2.78. The molecule has 102 valence electrons. The zero-order chi connectivity index (χ0) is 18.0. The molecule has 19 heavy (non-hydrogen) atoms. The third-order valence-corrected chi connectivity index (χ3v) is 2.73. The Morgan fingerprint density at radius 2 is 2.58 bits per heavy atom. The van der Waals surface area contributed by atoms with Gasteiger partial charge in [0.1, 0.15) is 5.75 Å². The molecule has 1 aromatic carbocycles. The van der Waals surface area contributed by atoms with Crippen molar-refractivity contribution >= 4 is 16.6 Å². The molecule has 2 rings (SSSR count). The Kier molecular flexibility index (Phi) is 2.82. The van der Waals surface area contributed by atoms with Crippen LogP contribution >= 0.6 is 0 Å². The zero-order valence-electron chi connectivity index (χ0n) is 15.9. The van der Waals surface area contributed by atoms with Gasteiger partial charge in [0.15, 0.2) is 0 Å². The van der Waals surface area contributed by atoms with Gasteiger partial charge in [0.05, 0.1) is 21.1 Å². The van der Waals surface area contributed by atoms with Crippen LogP contribution in [0.5, 0.6) is 5.75 Å². The highest BCUT2D eigenvalue weighted by Crippen LogP contribution is 2.28. The standard InChI is InChI=1S/C15H21N3O/c1-11(5-3-7-16)18-14-10-13(19-2)9-12-6-4-8-17-15(12)14/h4,6,8-11,18H,3,5,7,16H2,1-2H3/i1D3,9D,11D. The molecule has 2 aromatic rings. The summed E-state index contributed by atoms with van der Waals surface area (Å²) in [7, 11) is 1.44. The number of methoxy groups -OCH3 is 1. The Morgan fingerprint density at radius 1 is 1.68 bits per heavy atom. The van der Waals surface area contributed by atoms with Crippen LogP contribution in [0.25, 0.3) is 10.9 Å². The number of nitrogens with two attached hydrogens (primary N) is 1. The molecular weight excluding hydrogens is 238 g/mol. The Bertz CT molecular complexity index is 722. The number of anilines is 1. The fraction of sp³-hybridized carbons (Fsp3) is 0.400. The number of hydrogen-bond donors (Lipinski definition) is 2. The van der Waals surface area contributed by atoms with Gasteiger partial charge < -0.3 is 15.8 Å². The van der Waals surface area contributed by atoms with E-state index in [1.54, 1.807) is 18.3 Å². The van der Waals surface area contributed by atoms with Crippen molar-refractivity contribution in [3.05, 3.63) is 30.4 Å². The van der Waals surface area contributed by atoms with Gasteiger partial charge >= 0.3 is 0 Å². The van der Waals surface area contributed by atoms with E-state index in [1.807, 2.05) is 0 Å². The molecule has 4 nitrogen and oxygen atoms in total. The highest BCUT2D eigenvalue weighted by Gasteiger charge is 2.08. The van der Waals surface area contributed by atoms with E-state index < -0.39 is 12.9 Å². The average Bonchev–Trinajstić information content (AvgIpc) is 2.54. The van der Waals surface area contributed by atoms with E-state index in [-0.39, 0.29) is 18.2 Å². The summed E-state index contributed by atoms with van der Waals surface area (Å²) in [4.78, 5) is 4.23. The third-order valence-electron chi connectivity index (χ3n) is 2.73. The molecule has 0 fully saturated rings. The summed E-state index contributed by atoms with van der Waals surface area (Å²) in [6.45, 7) is -2.26. The summed E-state index contributed by atoms with van der Waals surface area (Å²) in [6.07, 6.45) is 2.01. The Balaban J connectivity index is 2.56. The molecule has 3 N–H and O–H groups in total. The molecule has 0 radical (unpaired) electrons. The number of hydrogen-bond acceptors (Lipinski definition) is 4. The largest absolute Gasteiger partial charge is 0.497 e. The van der Waals surface area contributed by atoms with Crippen molar-refractivity contribution in [3.63, 3.8) is 0 Å². The van der Waals surface area contributed by atoms with Crippen LogP contribution in [0.1, 0.15) is 26.5 Å². The summed E-state index contributed by atoms with van der Waals surface area (Å²) < 4.78 is 44.9. The van der Waals surface area contributed by atoms with Crippen LogP contribution in [0.3, 0.4) is 0 Å². The van der Waals surface area contributed by atoms with Crippen LogP contribution in [0, 0.1) is 0 Å². The number of benzene rings is 1. The minimum Gasteiger partial charge on any atom is -0.497 e. The number of rotatable bonds is 6. The molecule has 0 aliphatic heterocycles. The predicted molar refractivity (Wildman–Crippen MR) is 79.7 cm³/mol. The van der Waals surface area contributed by atoms with Crippen LogP contribution in [0.2, 0.25) is 0 Å². The first-order valence-electron chi connectivity index (χ1n) is 8.64. The fourth-order valence-corrected chi connectivity index (χ4v) is 1.80. The summed E-state index contributed by atoms with van der Waals surface area (Å²) >= 11 is 0. The van der Waals surface area contributed by atoms with Crippen molar-refractivity contribution in [1.29, 1.82) is 0 Å². The van der Waals surface area contributed by atoms with E-state index in [0.717, 1.165) is 0 Å². The van der Waals surface area contributed by atoms with E-state index in [9.17, 15) is 0 Å². The van der Waals surface area contributed by atoms with Gasteiger partial charge in [-0.15, -0.1) is 0 Å². The van der Waals surface area contributed by atoms with Gasteiger partial charge in [-0.25, -0.2) is 0 Å². The van der Waals surface area contributed by atoms with Crippen molar-refractivity contribution in [1.82, 2.24) is 4.98 Å². The minimum atomic E-state index is -2.56. The molecule has 0 aliphatic carbocycles. The lowest BCUT2D eigenvalue weighted by molar-refractivity contribution is 0.415. The van der Waals surface area contributed by atoms with Crippen LogP contribution in [-0.2, 0) is 0 Å². The van der Waals surface area contributed by atoms with Crippen LogP contribution in [-0.4, -0.2) is 24.7 Å². The second-order valence-corrected chi connectivity index (χ2v) is 4.15. The number of pyridine rings is 1. The van der Waals surface area contributed by atoms with Crippen molar-refractivity contribution in [2.24, 2.45) is 5.73 Å². The Morgan fingerprint density at radius 3 is 3.32 bits per heavy atom. The van der Waals surface area contributed by atoms with Crippen molar-refractivity contribution in [2.75, 3.05) is 19.0 Å². The molecule has 1 unspecified atom stereocenters. The molecule has 0 bridgehead atoms. The van der Waals surface area contributed by atoms with Gasteiger partial charge in [-0.05, 0) is 38.3 Å². The highest BCUT2D eigenvalue weighted by molar-refractivity contribution is 5.91. The van der Waals surface area contributed by atoms with Crippen molar-refractivity contribution in [3.8, 4) is 5.75 Å². The van der Waals surface area contributed by atoms with E-state index in [2.05, 4.69) is 10.3 Å². The van der Waals surface area contributed by atoms with Gasteiger partial charge in [-0.3, -0.25) is 4.98 Å². The molecule has 1 atom stereocenters. The van der Waals surface area contributed by atoms with Gasteiger partial charge in [-0.2, -0.15) is 0 Å². The maximum Gasteiger partial charge on any atom is 0.121 e. The lowest BCUT2D eigenvalue weighted by Gasteiger charge is -2.17. The topological polar surface area (TPSA) is 60.2 Å². The lowest BCUT2D eigenvalue weighted by atomic mass is 10.1. The third kappa shape index (κ3) is 3.35. The SMILES string of the molecule is [2H]c1c(OC)cc(NC([2H])(CCCN)C([2H])([2H])[2H])c2ncccc12. The van der Waals surface area contributed by atoms with Gasteiger partial charge in [-0.1, -0.05) is 6.07 Å². The maximum atomic E-state index is 8.42. The van der Waals surface area contributed by atoms with Crippen molar-refractivity contribution in [2.45, 2.75) is 25.7 Å². The average molecular weight is 264 g/mol. The molecule has 1 heterocycles. The Labute approximate surface area is 121 Å². The summed E-state index contributed by atoms with van der Waals surface area (Å²) in [5.41, 5.74) is 6.25. The number of fused-ring (bicyclic) bond motifs is 1. The molecule has 0 saturated carbocycles. The fourth-order valence-electron chi connectivity index (χ4n) is 1.80. The van der Waals surface area contributed by atoms with Gasteiger partial charge in [0.2, 0.25) is 0 Å². The second-order valence-electron chi connectivity index (χ2n) is 4.15. The number of nitrogens with zero attached hydrogens (tertiary/aromatic N) is 1. The van der Waals surface area contributed by atoms with E-state index >= 15 is 0 Å². The minimum absolute atomic E-state index is 0.0548. The van der Waals surface area contributed by atoms with E-state index in [1.165, 1.54) is 13.2 Å². The summed E-state index contributed by atoms with van der Waals surface area (Å²) in [6, 6.07) is 3.16. The summed E-state index contributed by atoms with van der Waals surface area (Å²) in [5, 5.41) is 3.32. The molecular formula is C15H21N3O. The first-order valence-corrected chi connectivity index (χ1v) is 6.14. The number of ether oxygens (including phenoxy) is 1. The van der Waals surface area contributed by atoms with Gasteiger partial charge in [0.25, 0.3) is 0 Å². The molecule has 1 aromatic heterocycles. The lowest BCUT2D eigenvalue weighted by Crippen LogP contribution is -2.17. The quantitative estimate of drug-likeness (QED) is 0.842.